The van der Waals surface area contributed by atoms with Crippen molar-refractivity contribution in [1.29, 1.82) is 0 Å². The number of nitrogen functional groups attached to an aromatic ring is 1. The third kappa shape index (κ3) is 2.91. The van der Waals surface area contributed by atoms with Crippen LogP contribution in [0.4, 0.5) is 11.4 Å². The molecule has 4 N–H and O–H groups in total. The molecule has 2 rings (SSSR count). The number of hydrogen-bond donors (Lipinski definition) is 3. The molecule has 1 aromatic rings. The van der Waals surface area contributed by atoms with Crippen molar-refractivity contribution in [3.8, 4) is 0 Å². The maximum atomic E-state index is 10.8. The van der Waals surface area contributed by atoms with Gasteiger partial charge >= 0.3 is 5.97 Å². The number of carbonyl (C=O) groups is 1. The molecule has 0 fully saturated rings. The Balaban J connectivity index is 2.03. The Morgan fingerprint density at radius 1 is 1.39 bits per heavy atom. The third-order valence-corrected chi connectivity index (χ3v) is 2.85. The molecule has 0 amide bonds. The van der Waals surface area contributed by atoms with Crippen LogP contribution in [-0.4, -0.2) is 17.6 Å². The molecule has 0 aliphatic heterocycles. The lowest BCUT2D eigenvalue weighted by atomic mass is 10.1. The number of hydrogen-bond acceptors (Lipinski definition) is 3. The van der Waals surface area contributed by atoms with Gasteiger partial charge in [0.15, 0.2) is 0 Å². The maximum absolute atomic E-state index is 10.8. The molecular formula is C14H16N2O2. The van der Waals surface area contributed by atoms with Gasteiger partial charge in [0.05, 0.1) is 16.9 Å². The van der Waals surface area contributed by atoms with Crippen LogP contribution in [0.15, 0.2) is 42.0 Å². The number of benzene rings is 1. The van der Waals surface area contributed by atoms with Crippen molar-refractivity contribution in [1.82, 2.24) is 0 Å². The molecule has 1 aliphatic carbocycles. The van der Waals surface area contributed by atoms with Gasteiger partial charge in [0, 0.05) is 6.54 Å². The van der Waals surface area contributed by atoms with E-state index >= 15 is 0 Å². The van der Waals surface area contributed by atoms with Gasteiger partial charge in [-0.25, -0.2) is 4.79 Å². The van der Waals surface area contributed by atoms with Crippen molar-refractivity contribution >= 4 is 17.3 Å². The highest BCUT2D eigenvalue weighted by atomic mass is 16.4. The minimum atomic E-state index is -0.967. The molecule has 94 valence electrons. The molecule has 18 heavy (non-hydrogen) atoms. The van der Waals surface area contributed by atoms with E-state index in [-0.39, 0.29) is 5.56 Å². The van der Waals surface area contributed by atoms with Crippen LogP contribution in [0, 0.1) is 0 Å². The summed E-state index contributed by atoms with van der Waals surface area (Å²) in [6, 6.07) is 4.72. The van der Waals surface area contributed by atoms with Crippen molar-refractivity contribution in [3.63, 3.8) is 0 Å². The first kappa shape index (κ1) is 12.2. The predicted octanol–water partition coefficient (Wildman–Crippen LogP) is 2.66. The Hall–Kier alpha value is -2.23. The number of carboxylic acid groups (broad SMARTS) is 1. The van der Waals surface area contributed by atoms with E-state index in [9.17, 15) is 4.79 Å². The topological polar surface area (TPSA) is 75.4 Å². The fourth-order valence-electron chi connectivity index (χ4n) is 1.85. The van der Waals surface area contributed by atoms with E-state index in [1.807, 2.05) is 0 Å². The first-order valence-electron chi connectivity index (χ1n) is 5.89. The van der Waals surface area contributed by atoms with Crippen molar-refractivity contribution in [2.24, 2.45) is 0 Å². The second-order valence-corrected chi connectivity index (χ2v) is 4.22. The van der Waals surface area contributed by atoms with Gasteiger partial charge in [0.25, 0.3) is 0 Å². The molecular weight excluding hydrogens is 228 g/mol. The zero-order chi connectivity index (χ0) is 13.0. The molecule has 1 aromatic carbocycles. The largest absolute Gasteiger partial charge is 0.478 e. The molecule has 0 saturated carbocycles. The van der Waals surface area contributed by atoms with E-state index in [0.29, 0.717) is 12.2 Å². The van der Waals surface area contributed by atoms with Gasteiger partial charge in [-0.3, -0.25) is 0 Å². The standard InChI is InChI=1S/C14H16N2O2/c15-12-8-11(14(17)18)6-7-13(12)16-9-10-4-2-1-3-5-10/h2,4-8,16H,1,3,9,15H2,(H,17,18). The molecule has 0 saturated heterocycles. The van der Waals surface area contributed by atoms with E-state index in [1.54, 1.807) is 12.1 Å². The van der Waals surface area contributed by atoms with Gasteiger partial charge in [0.1, 0.15) is 0 Å². The number of allylic oxidation sites excluding steroid dienone is 2. The summed E-state index contributed by atoms with van der Waals surface area (Å²) in [5, 5.41) is 12.1. The number of nitrogens with one attached hydrogen (secondary N) is 1. The SMILES string of the molecule is Nc1cc(C(=O)O)ccc1NCC1=CCCC=C1. The van der Waals surface area contributed by atoms with E-state index in [4.69, 9.17) is 10.8 Å². The number of aromatic carboxylic acids is 1. The van der Waals surface area contributed by atoms with Crippen LogP contribution in [-0.2, 0) is 0 Å². The molecule has 4 heteroatoms. The summed E-state index contributed by atoms with van der Waals surface area (Å²) < 4.78 is 0. The lowest BCUT2D eigenvalue weighted by Gasteiger charge is -2.12. The van der Waals surface area contributed by atoms with Crippen molar-refractivity contribution in [2.75, 3.05) is 17.6 Å². The van der Waals surface area contributed by atoms with Crippen LogP contribution >= 0.6 is 0 Å². The smallest absolute Gasteiger partial charge is 0.335 e. The zero-order valence-corrected chi connectivity index (χ0v) is 10.0. The highest BCUT2D eigenvalue weighted by Crippen LogP contribution is 2.21. The van der Waals surface area contributed by atoms with Crippen LogP contribution < -0.4 is 11.1 Å². The van der Waals surface area contributed by atoms with Crippen LogP contribution in [0.1, 0.15) is 23.2 Å². The zero-order valence-electron chi connectivity index (χ0n) is 10.0. The second-order valence-electron chi connectivity index (χ2n) is 4.22. The van der Waals surface area contributed by atoms with Crippen molar-refractivity contribution in [3.05, 3.63) is 47.6 Å². The maximum Gasteiger partial charge on any atom is 0.335 e. The predicted molar refractivity (Wildman–Crippen MR) is 72.8 cm³/mol. The van der Waals surface area contributed by atoms with Crippen LogP contribution in [0.5, 0.6) is 0 Å². The molecule has 0 spiro atoms. The summed E-state index contributed by atoms with van der Waals surface area (Å²) in [6.07, 6.45) is 8.60. The Kier molecular flexibility index (Phi) is 3.67. The second kappa shape index (κ2) is 5.40. The monoisotopic (exact) mass is 244 g/mol. The molecule has 0 atom stereocenters. The molecule has 4 nitrogen and oxygen atoms in total. The normalized spacial score (nSPS) is 14.1. The summed E-state index contributed by atoms with van der Waals surface area (Å²) >= 11 is 0. The minimum Gasteiger partial charge on any atom is -0.478 e. The highest BCUT2D eigenvalue weighted by molar-refractivity contribution is 5.90. The van der Waals surface area contributed by atoms with Crippen LogP contribution in [0.2, 0.25) is 0 Å². The van der Waals surface area contributed by atoms with Gasteiger partial charge in [-0.1, -0.05) is 18.2 Å². The third-order valence-electron chi connectivity index (χ3n) is 2.85. The first-order valence-corrected chi connectivity index (χ1v) is 5.89. The van der Waals surface area contributed by atoms with Gasteiger partial charge in [-0.15, -0.1) is 0 Å². The fraction of sp³-hybridized carbons (Fsp3) is 0.214. The lowest BCUT2D eigenvalue weighted by molar-refractivity contribution is 0.0697. The molecule has 1 aliphatic rings. The molecule has 0 radical (unpaired) electrons. The van der Waals surface area contributed by atoms with Gasteiger partial charge in [-0.2, -0.15) is 0 Å². The Morgan fingerprint density at radius 2 is 2.22 bits per heavy atom. The summed E-state index contributed by atoms with van der Waals surface area (Å²) in [7, 11) is 0. The summed E-state index contributed by atoms with van der Waals surface area (Å²) in [5.74, 6) is -0.967. The van der Waals surface area contributed by atoms with Crippen molar-refractivity contribution in [2.45, 2.75) is 12.8 Å². The van der Waals surface area contributed by atoms with E-state index < -0.39 is 5.97 Å². The summed E-state index contributed by atoms with van der Waals surface area (Å²) in [4.78, 5) is 10.8. The van der Waals surface area contributed by atoms with Gasteiger partial charge < -0.3 is 16.2 Å². The minimum absolute atomic E-state index is 0.204. The van der Waals surface area contributed by atoms with E-state index in [2.05, 4.69) is 23.5 Å². The summed E-state index contributed by atoms with van der Waals surface area (Å²) in [5.41, 5.74) is 8.46. The Bertz CT molecular complexity index is 519. The molecule has 0 unspecified atom stereocenters. The average Bonchev–Trinajstić information content (AvgIpc) is 2.38. The Morgan fingerprint density at radius 3 is 2.83 bits per heavy atom. The fourth-order valence-corrected chi connectivity index (χ4v) is 1.85. The van der Waals surface area contributed by atoms with Crippen LogP contribution in [0.3, 0.4) is 0 Å². The molecule has 0 bridgehead atoms. The van der Waals surface area contributed by atoms with Crippen molar-refractivity contribution < 1.29 is 9.90 Å². The van der Waals surface area contributed by atoms with E-state index in [1.165, 1.54) is 11.6 Å². The molecule has 0 heterocycles. The van der Waals surface area contributed by atoms with E-state index in [0.717, 1.165) is 18.5 Å². The Labute approximate surface area is 106 Å². The highest BCUT2D eigenvalue weighted by Gasteiger charge is 2.06. The molecule has 0 aromatic heterocycles. The quantitative estimate of drug-likeness (QED) is 0.712. The number of anilines is 2. The number of nitrogens with two attached hydrogens (primary N) is 1. The van der Waals surface area contributed by atoms with Crippen LogP contribution in [0.25, 0.3) is 0 Å². The first-order chi connectivity index (χ1) is 8.66. The van der Waals surface area contributed by atoms with Gasteiger partial charge in [-0.05, 0) is 36.6 Å². The summed E-state index contributed by atoms with van der Waals surface area (Å²) in [6.45, 7) is 0.702. The lowest BCUT2D eigenvalue weighted by Crippen LogP contribution is -2.07. The average molecular weight is 244 g/mol. The van der Waals surface area contributed by atoms with Gasteiger partial charge in [0.2, 0.25) is 0 Å². The number of carboxylic acids is 1. The number of rotatable bonds is 4.